The van der Waals surface area contributed by atoms with Crippen molar-refractivity contribution in [2.75, 3.05) is 0 Å². The van der Waals surface area contributed by atoms with Crippen molar-refractivity contribution in [1.82, 2.24) is 5.32 Å². The molecule has 1 amide bonds. The quantitative estimate of drug-likeness (QED) is 0.860. The van der Waals surface area contributed by atoms with Crippen LogP contribution in [-0.4, -0.2) is 11.9 Å². The Morgan fingerprint density at radius 1 is 1.09 bits per heavy atom. The monoisotopic (exact) mass is 312 g/mol. The van der Waals surface area contributed by atoms with Gasteiger partial charge in [-0.3, -0.25) is 4.79 Å². The van der Waals surface area contributed by atoms with E-state index in [0.717, 1.165) is 24.0 Å². The smallest absolute Gasteiger partial charge is 0.224 e. The number of aliphatic carboxylic acids is 1. The zero-order valence-corrected chi connectivity index (χ0v) is 13.5. The van der Waals surface area contributed by atoms with Crippen LogP contribution in [0.15, 0.2) is 41.5 Å². The third-order valence-electron chi connectivity index (χ3n) is 5.30. The van der Waals surface area contributed by atoms with Gasteiger partial charge in [-0.2, -0.15) is 0 Å². The lowest BCUT2D eigenvalue weighted by Crippen LogP contribution is -2.45. The van der Waals surface area contributed by atoms with Crippen molar-refractivity contribution in [3.05, 3.63) is 47.0 Å². The number of fused-ring (bicyclic) bond motifs is 2. The number of carbonyl (C=O) groups excluding carboxylic acids is 2. The summed E-state index contributed by atoms with van der Waals surface area (Å²) in [5.41, 5.74) is 3.35. The summed E-state index contributed by atoms with van der Waals surface area (Å²) in [4.78, 5) is 24.3. The standard InChI is InChI=1S/C19H23NO3/c1-11(2)15-13-8-9-14(15)17(19(22)23)16(13)18(21)20-10-12-6-4-3-5-7-12/h3-7,13-14,16-17H,8-10H2,1-2H3,(H,20,21)(H,22,23)/p-1/t13-,14-,16+,17-/m0/s1. The summed E-state index contributed by atoms with van der Waals surface area (Å²) in [6.07, 6.45) is 1.75. The van der Waals surface area contributed by atoms with Crippen molar-refractivity contribution in [2.45, 2.75) is 33.2 Å². The van der Waals surface area contributed by atoms with Crippen molar-refractivity contribution in [3.8, 4) is 0 Å². The highest BCUT2D eigenvalue weighted by Gasteiger charge is 2.54. The van der Waals surface area contributed by atoms with E-state index in [-0.39, 0.29) is 17.7 Å². The topological polar surface area (TPSA) is 69.2 Å². The molecule has 4 heteroatoms. The minimum atomic E-state index is -1.09. The first-order valence-electron chi connectivity index (χ1n) is 8.20. The molecule has 0 aromatic heterocycles. The molecule has 23 heavy (non-hydrogen) atoms. The Balaban J connectivity index is 1.79. The van der Waals surface area contributed by atoms with Crippen LogP contribution in [0.1, 0.15) is 32.3 Å². The van der Waals surface area contributed by atoms with E-state index in [0.29, 0.717) is 6.54 Å². The van der Waals surface area contributed by atoms with Crippen LogP contribution in [0.3, 0.4) is 0 Å². The maximum atomic E-state index is 12.7. The Hall–Kier alpha value is -2.10. The molecule has 0 unspecified atom stereocenters. The average Bonchev–Trinajstić information content (AvgIpc) is 3.09. The molecule has 2 bridgehead atoms. The van der Waals surface area contributed by atoms with Crippen molar-refractivity contribution in [1.29, 1.82) is 0 Å². The number of amides is 1. The summed E-state index contributed by atoms with van der Waals surface area (Å²) in [6.45, 7) is 4.45. The lowest BCUT2D eigenvalue weighted by Gasteiger charge is -2.30. The first-order chi connectivity index (χ1) is 11.0. The number of nitrogens with one attached hydrogen (secondary N) is 1. The maximum Gasteiger partial charge on any atom is 0.224 e. The van der Waals surface area contributed by atoms with E-state index in [1.807, 2.05) is 44.2 Å². The van der Waals surface area contributed by atoms with E-state index < -0.39 is 17.8 Å². The zero-order chi connectivity index (χ0) is 16.6. The second kappa shape index (κ2) is 6.19. The molecule has 2 saturated carbocycles. The van der Waals surface area contributed by atoms with Crippen molar-refractivity contribution < 1.29 is 14.7 Å². The predicted octanol–water partition coefficient (Wildman–Crippen LogP) is 1.66. The van der Waals surface area contributed by atoms with Crippen LogP contribution in [0, 0.1) is 23.7 Å². The third-order valence-corrected chi connectivity index (χ3v) is 5.30. The molecule has 2 aliphatic rings. The Bertz CT molecular complexity index is 646. The Kier molecular flexibility index (Phi) is 4.24. The number of carbonyl (C=O) groups is 2. The lowest BCUT2D eigenvalue weighted by molar-refractivity contribution is -0.314. The molecule has 4 atom stereocenters. The van der Waals surface area contributed by atoms with E-state index in [1.165, 1.54) is 5.57 Å². The molecule has 1 aromatic carbocycles. The molecule has 122 valence electrons. The number of rotatable bonds is 4. The van der Waals surface area contributed by atoms with Crippen LogP contribution >= 0.6 is 0 Å². The molecule has 0 aliphatic heterocycles. The normalized spacial score (nSPS) is 28.7. The van der Waals surface area contributed by atoms with Crippen LogP contribution in [0.2, 0.25) is 0 Å². The fraction of sp³-hybridized carbons (Fsp3) is 0.474. The summed E-state index contributed by atoms with van der Waals surface area (Å²) in [6, 6.07) is 9.65. The van der Waals surface area contributed by atoms with Crippen LogP contribution < -0.4 is 10.4 Å². The number of allylic oxidation sites excluding steroid dienone is 2. The first-order valence-corrected chi connectivity index (χ1v) is 8.20. The Labute approximate surface area is 136 Å². The minimum absolute atomic E-state index is 0.0255. The fourth-order valence-corrected chi connectivity index (χ4v) is 4.49. The second-order valence-corrected chi connectivity index (χ2v) is 6.82. The summed E-state index contributed by atoms with van der Waals surface area (Å²) >= 11 is 0. The van der Waals surface area contributed by atoms with Gasteiger partial charge in [0.05, 0.1) is 5.92 Å². The van der Waals surface area contributed by atoms with E-state index in [1.54, 1.807) is 0 Å². The molecular formula is C19H22NO3-. The average molecular weight is 312 g/mol. The van der Waals surface area contributed by atoms with Crippen LogP contribution in [-0.2, 0) is 16.1 Å². The van der Waals surface area contributed by atoms with Gasteiger partial charge < -0.3 is 15.2 Å². The number of hydrogen-bond donors (Lipinski definition) is 1. The third kappa shape index (κ3) is 2.78. The molecule has 0 heterocycles. The summed E-state index contributed by atoms with van der Waals surface area (Å²) in [5, 5.41) is 14.6. The molecular weight excluding hydrogens is 290 g/mol. The summed E-state index contributed by atoms with van der Waals surface area (Å²) in [5.74, 6) is -2.39. The van der Waals surface area contributed by atoms with Crippen LogP contribution in [0.25, 0.3) is 0 Å². The van der Waals surface area contributed by atoms with Gasteiger partial charge in [0.25, 0.3) is 0 Å². The number of hydrogen-bond acceptors (Lipinski definition) is 3. The number of carboxylic acid groups (broad SMARTS) is 1. The van der Waals surface area contributed by atoms with Crippen LogP contribution in [0.4, 0.5) is 0 Å². The van der Waals surface area contributed by atoms with Gasteiger partial charge in [0.2, 0.25) is 5.91 Å². The lowest BCUT2D eigenvalue weighted by atomic mass is 9.78. The van der Waals surface area contributed by atoms with Gasteiger partial charge >= 0.3 is 0 Å². The second-order valence-electron chi connectivity index (χ2n) is 6.82. The van der Waals surface area contributed by atoms with E-state index in [2.05, 4.69) is 5.32 Å². The molecule has 3 rings (SSSR count). The number of carboxylic acids is 1. The van der Waals surface area contributed by atoms with E-state index in [9.17, 15) is 14.7 Å². The predicted molar refractivity (Wildman–Crippen MR) is 84.9 cm³/mol. The van der Waals surface area contributed by atoms with E-state index in [4.69, 9.17) is 0 Å². The van der Waals surface area contributed by atoms with Gasteiger partial charge in [0, 0.05) is 18.4 Å². The van der Waals surface area contributed by atoms with Crippen molar-refractivity contribution in [2.24, 2.45) is 23.7 Å². The van der Waals surface area contributed by atoms with Gasteiger partial charge in [-0.15, -0.1) is 0 Å². The highest BCUT2D eigenvalue weighted by Crippen LogP contribution is 2.56. The zero-order valence-electron chi connectivity index (χ0n) is 13.5. The Morgan fingerprint density at radius 2 is 1.70 bits per heavy atom. The molecule has 0 saturated heterocycles. The van der Waals surface area contributed by atoms with Gasteiger partial charge in [0.15, 0.2) is 0 Å². The molecule has 2 aliphatic carbocycles. The van der Waals surface area contributed by atoms with Crippen LogP contribution in [0.5, 0.6) is 0 Å². The first kappa shape index (κ1) is 15.8. The minimum Gasteiger partial charge on any atom is -0.550 e. The fourth-order valence-electron chi connectivity index (χ4n) is 4.49. The van der Waals surface area contributed by atoms with E-state index >= 15 is 0 Å². The summed E-state index contributed by atoms with van der Waals surface area (Å²) in [7, 11) is 0. The highest BCUT2D eigenvalue weighted by atomic mass is 16.4. The van der Waals surface area contributed by atoms with Crippen molar-refractivity contribution >= 4 is 11.9 Å². The highest BCUT2D eigenvalue weighted by molar-refractivity contribution is 5.87. The summed E-state index contributed by atoms with van der Waals surface area (Å²) < 4.78 is 0. The van der Waals surface area contributed by atoms with Gasteiger partial charge in [-0.25, -0.2) is 0 Å². The molecule has 0 radical (unpaired) electrons. The van der Waals surface area contributed by atoms with Gasteiger partial charge in [-0.05, 0) is 44.1 Å². The molecule has 1 N–H and O–H groups in total. The molecule has 2 fully saturated rings. The largest absolute Gasteiger partial charge is 0.550 e. The molecule has 1 aromatic rings. The SMILES string of the molecule is CC(C)=C1[C@@H]2CC[C@@H]1[C@@H](C(=O)NCc1ccccc1)[C@H]2C(=O)[O-]. The van der Waals surface area contributed by atoms with Gasteiger partial charge in [0.1, 0.15) is 0 Å². The van der Waals surface area contributed by atoms with Gasteiger partial charge in [-0.1, -0.05) is 41.5 Å². The maximum absolute atomic E-state index is 12.7. The molecule has 0 spiro atoms. The number of benzene rings is 1. The van der Waals surface area contributed by atoms with Crippen molar-refractivity contribution in [3.63, 3.8) is 0 Å². The molecule has 4 nitrogen and oxygen atoms in total. The Morgan fingerprint density at radius 3 is 2.26 bits per heavy atom.